The summed E-state index contributed by atoms with van der Waals surface area (Å²) in [6.45, 7) is 5.54. The summed E-state index contributed by atoms with van der Waals surface area (Å²) in [5, 5.41) is 0. The first-order valence-corrected chi connectivity index (χ1v) is 4.19. The normalized spacial score (nSPS) is 12.9. The van der Waals surface area contributed by atoms with Crippen LogP contribution in [0, 0.1) is 0 Å². The fourth-order valence-corrected chi connectivity index (χ4v) is 0.687. The zero-order valence-electron chi connectivity index (χ0n) is 8.86. The van der Waals surface area contributed by atoms with Gasteiger partial charge in [0.25, 0.3) is 0 Å². The number of nitrogens with zero attached hydrogens (tertiary/aromatic N) is 1. The van der Waals surface area contributed by atoms with Crippen molar-refractivity contribution >= 4 is 12.0 Å². The second-order valence-corrected chi connectivity index (χ2v) is 3.68. The average molecular weight is 201 g/mol. The number of carbonyl (C=O) groups is 1. The molecule has 0 amide bonds. The van der Waals surface area contributed by atoms with Gasteiger partial charge in [-0.15, -0.1) is 0 Å². The second-order valence-electron chi connectivity index (χ2n) is 3.68. The van der Waals surface area contributed by atoms with Crippen LogP contribution in [0.15, 0.2) is 4.99 Å². The molecule has 0 N–H and O–H groups in total. The second kappa shape index (κ2) is 5.52. The van der Waals surface area contributed by atoms with Crippen molar-refractivity contribution in [3.63, 3.8) is 0 Å². The molecule has 80 valence electrons. The van der Waals surface area contributed by atoms with Crippen LogP contribution in [0.3, 0.4) is 0 Å². The van der Waals surface area contributed by atoms with E-state index in [0.717, 1.165) is 0 Å². The third kappa shape index (κ3) is 5.45. The molecule has 0 saturated heterocycles. The Labute approximate surface area is 83.1 Å². The van der Waals surface area contributed by atoms with Gasteiger partial charge in [0.05, 0.1) is 19.3 Å². The number of aliphatic imine (C=N–C) groups is 1. The fourth-order valence-electron chi connectivity index (χ4n) is 0.687. The van der Waals surface area contributed by atoms with Gasteiger partial charge in [0.2, 0.25) is 6.08 Å². The van der Waals surface area contributed by atoms with Gasteiger partial charge in [0.1, 0.15) is 0 Å². The summed E-state index contributed by atoms with van der Waals surface area (Å²) >= 11 is 0. The molecule has 0 heterocycles. The van der Waals surface area contributed by atoms with Gasteiger partial charge in [-0.25, -0.2) is 9.59 Å². The minimum Gasteiger partial charge on any atom is -0.467 e. The van der Waals surface area contributed by atoms with Gasteiger partial charge in [-0.2, -0.15) is 4.99 Å². The lowest BCUT2D eigenvalue weighted by Crippen LogP contribution is -2.31. The highest BCUT2D eigenvalue weighted by molar-refractivity contribution is 5.76. The molecule has 0 aromatic rings. The minimum absolute atomic E-state index is 0.0193. The maximum atomic E-state index is 11.0. The van der Waals surface area contributed by atoms with Crippen LogP contribution in [0.25, 0.3) is 0 Å². The number of hydrogen-bond acceptors (Lipinski definition) is 5. The summed E-state index contributed by atoms with van der Waals surface area (Å²) in [6, 6.07) is -0.920. The molecule has 0 saturated carbocycles. The van der Waals surface area contributed by atoms with Gasteiger partial charge in [0.15, 0.2) is 6.04 Å². The van der Waals surface area contributed by atoms with E-state index < -0.39 is 12.0 Å². The van der Waals surface area contributed by atoms with Gasteiger partial charge in [-0.1, -0.05) is 0 Å². The molecule has 1 atom stereocenters. The Morgan fingerprint density at radius 3 is 2.43 bits per heavy atom. The zero-order valence-corrected chi connectivity index (χ0v) is 8.86. The minimum atomic E-state index is -0.920. The summed E-state index contributed by atoms with van der Waals surface area (Å²) in [4.78, 5) is 24.3. The van der Waals surface area contributed by atoms with Gasteiger partial charge in [-0.05, 0) is 20.8 Å². The molecule has 0 spiro atoms. The molecule has 0 aliphatic heterocycles. The van der Waals surface area contributed by atoms with Crippen LogP contribution < -0.4 is 0 Å². The van der Waals surface area contributed by atoms with Crippen molar-refractivity contribution in [1.29, 1.82) is 0 Å². The van der Waals surface area contributed by atoms with Gasteiger partial charge in [0, 0.05) is 0 Å². The lowest BCUT2D eigenvalue weighted by atomic mass is 10.2. The molecule has 14 heavy (non-hydrogen) atoms. The van der Waals surface area contributed by atoms with Gasteiger partial charge >= 0.3 is 5.97 Å². The number of methoxy groups -OCH3 is 1. The Kier molecular flexibility index (Phi) is 5.05. The Morgan fingerprint density at radius 2 is 2.07 bits per heavy atom. The van der Waals surface area contributed by atoms with Gasteiger partial charge < -0.3 is 9.47 Å². The Bertz CT molecular complexity index is 238. The van der Waals surface area contributed by atoms with E-state index in [9.17, 15) is 9.59 Å². The Balaban J connectivity index is 4.25. The largest absolute Gasteiger partial charge is 0.467 e. The van der Waals surface area contributed by atoms with Crippen LogP contribution in [0.2, 0.25) is 0 Å². The van der Waals surface area contributed by atoms with Crippen LogP contribution >= 0.6 is 0 Å². The van der Waals surface area contributed by atoms with E-state index in [-0.39, 0.29) is 12.2 Å². The van der Waals surface area contributed by atoms with Crippen molar-refractivity contribution in [3.8, 4) is 0 Å². The molecule has 0 unspecified atom stereocenters. The SMILES string of the molecule is COC(=O)[C@@H](COC(C)(C)C)N=C=O. The standard InChI is InChI=1S/C9H15NO4/c1-9(2,3)14-5-7(10-6-11)8(12)13-4/h7H,5H2,1-4H3/t7-/m1/s1. The number of carbonyl (C=O) groups excluding carboxylic acids is 2. The summed E-state index contributed by atoms with van der Waals surface area (Å²) in [6.07, 6.45) is 1.31. The molecular weight excluding hydrogens is 186 g/mol. The molecule has 5 heteroatoms. The number of rotatable bonds is 4. The van der Waals surface area contributed by atoms with E-state index in [0.29, 0.717) is 0 Å². The van der Waals surface area contributed by atoms with Crippen molar-refractivity contribution in [2.24, 2.45) is 4.99 Å². The number of ether oxygens (including phenoxy) is 2. The maximum absolute atomic E-state index is 11.0. The highest BCUT2D eigenvalue weighted by Gasteiger charge is 2.21. The quantitative estimate of drug-likeness (QED) is 0.381. The molecule has 0 bridgehead atoms. The first-order chi connectivity index (χ1) is 6.40. The molecule has 0 aliphatic rings. The first-order valence-electron chi connectivity index (χ1n) is 4.19. The Morgan fingerprint density at radius 1 is 1.50 bits per heavy atom. The van der Waals surface area contributed by atoms with E-state index in [2.05, 4.69) is 9.73 Å². The van der Waals surface area contributed by atoms with Crippen LogP contribution in [0.1, 0.15) is 20.8 Å². The van der Waals surface area contributed by atoms with Crippen molar-refractivity contribution in [3.05, 3.63) is 0 Å². The van der Waals surface area contributed by atoms with E-state index in [1.807, 2.05) is 20.8 Å². The molecule has 0 aliphatic carbocycles. The predicted octanol–water partition coefficient (Wildman–Crippen LogP) is 0.679. The highest BCUT2D eigenvalue weighted by Crippen LogP contribution is 2.08. The highest BCUT2D eigenvalue weighted by atomic mass is 16.5. The lowest BCUT2D eigenvalue weighted by molar-refractivity contribution is -0.144. The van der Waals surface area contributed by atoms with Crippen molar-refractivity contribution in [2.45, 2.75) is 32.4 Å². The van der Waals surface area contributed by atoms with Gasteiger partial charge in [-0.3, -0.25) is 0 Å². The van der Waals surface area contributed by atoms with Crippen molar-refractivity contribution in [1.82, 2.24) is 0 Å². The zero-order chi connectivity index (χ0) is 11.2. The number of hydrogen-bond donors (Lipinski definition) is 0. The Hall–Kier alpha value is -1.19. The summed E-state index contributed by atoms with van der Waals surface area (Å²) in [5.74, 6) is -0.599. The summed E-state index contributed by atoms with van der Waals surface area (Å²) < 4.78 is 9.73. The lowest BCUT2D eigenvalue weighted by Gasteiger charge is -2.20. The molecule has 0 rings (SSSR count). The smallest absolute Gasteiger partial charge is 0.333 e. The molecule has 0 aromatic carbocycles. The summed E-state index contributed by atoms with van der Waals surface area (Å²) in [5.41, 5.74) is -0.384. The number of isocyanates is 1. The van der Waals surface area contributed by atoms with Crippen LogP contribution in [0.4, 0.5) is 0 Å². The molecule has 0 radical (unpaired) electrons. The topological polar surface area (TPSA) is 65.0 Å². The van der Waals surface area contributed by atoms with E-state index in [1.54, 1.807) is 0 Å². The first kappa shape index (κ1) is 12.8. The monoisotopic (exact) mass is 201 g/mol. The third-order valence-corrected chi connectivity index (χ3v) is 1.36. The average Bonchev–Trinajstić information content (AvgIpc) is 2.09. The molecular formula is C9H15NO4. The maximum Gasteiger partial charge on any atom is 0.333 e. The van der Waals surface area contributed by atoms with Crippen LogP contribution in [0.5, 0.6) is 0 Å². The number of esters is 1. The fraction of sp³-hybridized carbons (Fsp3) is 0.778. The van der Waals surface area contributed by atoms with Crippen LogP contribution in [-0.4, -0.2) is 37.4 Å². The van der Waals surface area contributed by atoms with Crippen LogP contribution in [-0.2, 0) is 19.1 Å². The molecule has 0 fully saturated rings. The summed E-state index contributed by atoms with van der Waals surface area (Å²) in [7, 11) is 1.23. The van der Waals surface area contributed by atoms with E-state index >= 15 is 0 Å². The van der Waals surface area contributed by atoms with Crippen molar-refractivity contribution < 1.29 is 19.1 Å². The predicted molar refractivity (Wildman–Crippen MR) is 49.6 cm³/mol. The van der Waals surface area contributed by atoms with E-state index in [4.69, 9.17) is 4.74 Å². The third-order valence-electron chi connectivity index (χ3n) is 1.36. The van der Waals surface area contributed by atoms with Crippen molar-refractivity contribution in [2.75, 3.05) is 13.7 Å². The molecule has 0 aromatic heterocycles. The van der Waals surface area contributed by atoms with E-state index in [1.165, 1.54) is 13.2 Å². The molecule has 5 nitrogen and oxygen atoms in total.